The van der Waals surface area contributed by atoms with Gasteiger partial charge in [0.25, 0.3) is 0 Å². The lowest BCUT2D eigenvalue weighted by atomic mass is 10.8. The molecule has 1 aromatic heterocycles. The zero-order chi connectivity index (χ0) is 11.1. The largest absolute Gasteiger partial charge is 0.464 e. The predicted octanol–water partition coefficient (Wildman–Crippen LogP) is -0.122. The zero-order valence-corrected chi connectivity index (χ0v) is 8.77. The lowest BCUT2D eigenvalue weighted by Crippen LogP contribution is -2.10. The zero-order valence-electron chi connectivity index (χ0n) is 8.77. The third-order valence-electron chi connectivity index (χ3n) is 1.40. The number of aromatic nitrogens is 3. The van der Waals surface area contributed by atoms with Crippen molar-refractivity contribution in [1.29, 1.82) is 0 Å². The summed E-state index contributed by atoms with van der Waals surface area (Å²) in [7, 11) is 1.58. The summed E-state index contributed by atoms with van der Waals surface area (Å²) < 4.78 is 15.1. The number of anilines is 1. The Morgan fingerprint density at radius 3 is 2.33 bits per heavy atom. The molecule has 0 unspecified atom stereocenters. The van der Waals surface area contributed by atoms with Crippen molar-refractivity contribution < 1.29 is 14.2 Å². The number of methoxy groups -OCH3 is 1. The molecule has 0 atom stereocenters. The third kappa shape index (κ3) is 3.94. The second-order valence-corrected chi connectivity index (χ2v) is 2.53. The molecule has 0 saturated heterocycles. The Labute approximate surface area is 87.6 Å². The average Bonchev–Trinajstić information content (AvgIpc) is 2.18. The first kappa shape index (κ1) is 11.4. The molecule has 2 N–H and O–H groups in total. The first-order valence-corrected chi connectivity index (χ1v) is 4.52. The quantitative estimate of drug-likeness (QED) is 0.660. The van der Waals surface area contributed by atoms with Gasteiger partial charge in [-0.25, -0.2) is 0 Å². The van der Waals surface area contributed by atoms with Crippen molar-refractivity contribution in [2.24, 2.45) is 0 Å². The van der Waals surface area contributed by atoms with E-state index < -0.39 is 0 Å². The summed E-state index contributed by atoms with van der Waals surface area (Å²) in [6.45, 7) is 3.09. The molecule has 0 spiro atoms. The van der Waals surface area contributed by atoms with Gasteiger partial charge < -0.3 is 19.9 Å². The van der Waals surface area contributed by atoms with Gasteiger partial charge in [-0.1, -0.05) is 0 Å². The fourth-order valence-electron chi connectivity index (χ4n) is 0.827. The Kier molecular flexibility index (Phi) is 4.55. The van der Waals surface area contributed by atoms with Crippen molar-refractivity contribution in [1.82, 2.24) is 15.0 Å². The van der Waals surface area contributed by atoms with Crippen LogP contribution >= 0.6 is 0 Å². The van der Waals surface area contributed by atoms with Gasteiger partial charge in [-0.05, 0) is 6.92 Å². The van der Waals surface area contributed by atoms with Crippen molar-refractivity contribution >= 4 is 5.95 Å². The van der Waals surface area contributed by atoms with E-state index in [1.54, 1.807) is 7.11 Å². The Bertz CT molecular complexity index is 308. The van der Waals surface area contributed by atoms with Crippen molar-refractivity contribution in [3.63, 3.8) is 0 Å². The molecular weight excluding hydrogens is 200 g/mol. The van der Waals surface area contributed by atoms with Crippen LogP contribution in [-0.2, 0) is 4.74 Å². The predicted molar refractivity (Wildman–Crippen MR) is 52.8 cm³/mol. The van der Waals surface area contributed by atoms with Crippen LogP contribution in [0.15, 0.2) is 0 Å². The summed E-state index contributed by atoms with van der Waals surface area (Å²) in [6, 6.07) is 0.306. The summed E-state index contributed by atoms with van der Waals surface area (Å²) in [5.41, 5.74) is 5.44. The SMILES string of the molecule is CCOc1nc(N)nc(OCCOC)n1. The van der Waals surface area contributed by atoms with E-state index in [9.17, 15) is 0 Å². The van der Waals surface area contributed by atoms with E-state index >= 15 is 0 Å². The molecular formula is C8H14N4O3. The fourth-order valence-corrected chi connectivity index (χ4v) is 0.827. The van der Waals surface area contributed by atoms with E-state index in [1.165, 1.54) is 0 Å². The average molecular weight is 214 g/mol. The van der Waals surface area contributed by atoms with Crippen LogP contribution in [0.2, 0.25) is 0 Å². The fraction of sp³-hybridized carbons (Fsp3) is 0.625. The van der Waals surface area contributed by atoms with Crippen LogP contribution < -0.4 is 15.2 Å². The minimum Gasteiger partial charge on any atom is -0.464 e. The number of nitrogen functional groups attached to an aromatic ring is 1. The maximum absolute atomic E-state index is 5.44. The van der Waals surface area contributed by atoms with E-state index in [-0.39, 0.29) is 18.0 Å². The minimum atomic E-state index is 0.0702. The van der Waals surface area contributed by atoms with Crippen molar-refractivity contribution in [2.45, 2.75) is 6.92 Å². The molecule has 15 heavy (non-hydrogen) atoms. The topological polar surface area (TPSA) is 92.4 Å². The molecule has 0 aliphatic carbocycles. The van der Waals surface area contributed by atoms with Crippen LogP contribution in [0.25, 0.3) is 0 Å². The standard InChI is InChI=1S/C8H14N4O3/c1-3-14-7-10-6(9)11-8(12-7)15-5-4-13-2/h3-5H2,1-2H3,(H2,9,10,11,12). The minimum absolute atomic E-state index is 0.0702. The van der Waals surface area contributed by atoms with Crippen LogP contribution in [0.5, 0.6) is 12.0 Å². The Morgan fingerprint density at radius 2 is 1.73 bits per heavy atom. The Hall–Kier alpha value is -1.63. The molecule has 1 rings (SSSR count). The van der Waals surface area contributed by atoms with Gasteiger partial charge >= 0.3 is 12.0 Å². The molecule has 0 bridgehead atoms. The van der Waals surface area contributed by atoms with Crippen molar-refractivity contribution in [3.05, 3.63) is 0 Å². The number of ether oxygens (including phenoxy) is 3. The maximum atomic E-state index is 5.44. The summed E-state index contributed by atoms with van der Waals surface area (Å²) in [5.74, 6) is 0.0702. The highest BCUT2D eigenvalue weighted by Gasteiger charge is 2.05. The lowest BCUT2D eigenvalue weighted by Gasteiger charge is -2.05. The molecule has 0 aromatic carbocycles. The molecule has 0 amide bonds. The summed E-state index contributed by atoms with van der Waals surface area (Å²) in [6.07, 6.45) is 0. The Morgan fingerprint density at radius 1 is 1.07 bits per heavy atom. The molecule has 1 heterocycles. The first-order valence-electron chi connectivity index (χ1n) is 4.52. The molecule has 0 aliphatic rings. The van der Waals surface area contributed by atoms with Gasteiger partial charge in [0.05, 0.1) is 13.2 Å². The van der Waals surface area contributed by atoms with E-state index in [0.717, 1.165) is 0 Å². The third-order valence-corrected chi connectivity index (χ3v) is 1.40. The number of nitrogens with two attached hydrogens (primary N) is 1. The van der Waals surface area contributed by atoms with E-state index in [4.69, 9.17) is 19.9 Å². The molecule has 0 aliphatic heterocycles. The number of hydrogen-bond donors (Lipinski definition) is 1. The molecule has 7 nitrogen and oxygen atoms in total. The van der Waals surface area contributed by atoms with Gasteiger partial charge in [-0.2, -0.15) is 9.97 Å². The number of hydrogen-bond acceptors (Lipinski definition) is 7. The van der Waals surface area contributed by atoms with E-state index in [2.05, 4.69) is 15.0 Å². The highest BCUT2D eigenvalue weighted by molar-refractivity contribution is 5.20. The first-order chi connectivity index (χ1) is 7.26. The van der Waals surface area contributed by atoms with Crippen LogP contribution in [0, 0.1) is 0 Å². The van der Waals surface area contributed by atoms with Gasteiger partial charge in [0.15, 0.2) is 0 Å². The lowest BCUT2D eigenvalue weighted by molar-refractivity contribution is 0.139. The van der Waals surface area contributed by atoms with Crippen molar-refractivity contribution in [3.8, 4) is 12.0 Å². The van der Waals surface area contributed by atoms with Gasteiger partial charge in [0.1, 0.15) is 6.61 Å². The second kappa shape index (κ2) is 5.97. The van der Waals surface area contributed by atoms with Crippen LogP contribution in [0.4, 0.5) is 5.95 Å². The smallest absolute Gasteiger partial charge is 0.324 e. The van der Waals surface area contributed by atoms with E-state index in [1.807, 2.05) is 6.92 Å². The molecule has 0 radical (unpaired) electrons. The summed E-state index contributed by atoms with van der Waals surface area (Å²) >= 11 is 0. The highest BCUT2D eigenvalue weighted by atomic mass is 16.5. The maximum Gasteiger partial charge on any atom is 0.324 e. The van der Waals surface area contributed by atoms with E-state index in [0.29, 0.717) is 19.8 Å². The van der Waals surface area contributed by atoms with Gasteiger partial charge in [0, 0.05) is 7.11 Å². The molecule has 1 aromatic rings. The molecule has 0 fully saturated rings. The van der Waals surface area contributed by atoms with Crippen LogP contribution in [-0.4, -0.2) is 41.9 Å². The normalized spacial score (nSPS) is 10.0. The van der Waals surface area contributed by atoms with Gasteiger partial charge in [0.2, 0.25) is 5.95 Å². The van der Waals surface area contributed by atoms with Crippen molar-refractivity contribution in [2.75, 3.05) is 32.7 Å². The molecule has 7 heteroatoms. The number of rotatable bonds is 6. The summed E-state index contributed by atoms with van der Waals surface area (Å²) in [4.78, 5) is 11.5. The van der Waals surface area contributed by atoms with Crippen LogP contribution in [0.3, 0.4) is 0 Å². The monoisotopic (exact) mass is 214 g/mol. The highest BCUT2D eigenvalue weighted by Crippen LogP contribution is 2.10. The Balaban J connectivity index is 2.62. The second-order valence-electron chi connectivity index (χ2n) is 2.53. The number of nitrogens with zero attached hydrogens (tertiary/aromatic N) is 3. The van der Waals surface area contributed by atoms with Gasteiger partial charge in [-0.15, -0.1) is 4.98 Å². The van der Waals surface area contributed by atoms with Gasteiger partial charge in [-0.3, -0.25) is 0 Å². The molecule has 0 saturated carbocycles. The summed E-state index contributed by atoms with van der Waals surface area (Å²) in [5, 5.41) is 0. The van der Waals surface area contributed by atoms with Crippen LogP contribution in [0.1, 0.15) is 6.92 Å². The molecule has 84 valence electrons.